The highest BCUT2D eigenvalue weighted by atomic mass is 32.2. The molecule has 0 radical (unpaired) electrons. The molecular weight excluding hydrogens is 883 g/mol. The molecule has 6 rings (SSSR count). The van der Waals surface area contributed by atoms with Crippen LogP contribution in [0.4, 0.5) is 9.59 Å². The van der Waals surface area contributed by atoms with Crippen molar-refractivity contribution >= 4 is 57.9 Å². The quantitative estimate of drug-likeness (QED) is 0.265. The maximum Gasteiger partial charge on any atom is 0.416 e. The first-order chi connectivity index (χ1) is 30.5. The number of rotatable bonds is 10. The molecule has 18 nitrogen and oxygen atoms in total. The van der Waals surface area contributed by atoms with Gasteiger partial charge in [0.15, 0.2) is 16.4 Å². The van der Waals surface area contributed by atoms with E-state index in [1.165, 1.54) is 33.3 Å². The molecule has 20 heteroatoms. The number of benzene rings is 2. The van der Waals surface area contributed by atoms with E-state index in [0.29, 0.717) is 16.9 Å². The van der Waals surface area contributed by atoms with Crippen LogP contribution >= 0.6 is 23.5 Å². The lowest BCUT2D eigenvalue weighted by Gasteiger charge is -2.40. The number of amides is 3. The highest BCUT2D eigenvalue weighted by Crippen LogP contribution is 2.43. The number of carbonyl (C=O) groups excluding carboxylic acids is 3. The van der Waals surface area contributed by atoms with E-state index in [9.17, 15) is 24.3 Å². The molecule has 10 atom stereocenters. The Morgan fingerprint density at radius 1 is 0.677 bits per heavy atom. The van der Waals surface area contributed by atoms with Gasteiger partial charge in [-0.2, -0.15) is 0 Å². The van der Waals surface area contributed by atoms with E-state index in [0.717, 1.165) is 22.6 Å². The molecule has 0 bridgehead atoms. The number of likely N-dealkylation sites (N-methyl/N-ethyl adjacent to an activating group) is 1. The van der Waals surface area contributed by atoms with E-state index in [-0.39, 0.29) is 30.6 Å². The van der Waals surface area contributed by atoms with E-state index in [4.69, 9.17) is 42.9 Å². The zero-order valence-corrected chi connectivity index (χ0v) is 40.9. The Kier molecular flexibility index (Phi) is 17.2. The third-order valence-electron chi connectivity index (χ3n) is 10.6. The molecule has 0 unspecified atom stereocenters. The van der Waals surface area contributed by atoms with Crippen molar-refractivity contribution in [2.24, 2.45) is 21.8 Å². The van der Waals surface area contributed by atoms with Crippen molar-refractivity contribution in [3.05, 3.63) is 59.7 Å². The molecule has 4 aliphatic heterocycles. The van der Waals surface area contributed by atoms with Crippen LogP contribution in [0.15, 0.2) is 58.5 Å². The Morgan fingerprint density at radius 2 is 1.05 bits per heavy atom. The van der Waals surface area contributed by atoms with Crippen LogP contribution in [0, 0.1) is 11.8 Å². The molecule has 2 fully saturated rings. The predicted octanol–water partition coefficient (Wildman–Crippen LogP) is 6.39. The van der Waals surface area contributed by atoms with Crippen molar-refractivity contribution in [2.45, 2.75) is 127 Å². The molecule has 2 aromatic carbocycles. The van der Waals surface area contributed by atoms with Crippen LogP contribution in [0.3, 0.4) is 0 Å². The Balaban J connectivity index is 0.000000244. The molecular formula is C45H63N5O13S2. The zero-order valence-electron chi connectivity index (χ0n) is 39.3. The Labute approximate surface area is 389 Å². The second kappa shape index (κ2) is 21.8. The highest BCUT2D eigenvalue weighted by molar-refractivity contribution is 8.14. The van der Waals surface area contributed by atoms with Gasteiger partial charge in [0, 0.05) is 33.0 Å². The molecule has 2 saturated heterocycles. The summed E-state index contributed by atoms with van der Waals surface area (Å²) in [7, 11) is 7.99. The summed E-state index contributed by atoms with van der Waals surface area (Å²) in [6.07, 6.45) is -3.66. The third kappa shape index (κ3) is 13.3. The van der Waals surface area contributed by atoms with Crippen molar-refractivity contribution in [2.75, 3.05) is 35.4 Å². The van der Waals surface area contributed by atoms with E-state index < -0.39 is 70.5 Å². The van der Waals surface area contributed by atoms with Crippen molar-refractivity contribution < 1.29 is 62.2 Å². The van der Waals surface area contributed by atoms with Gasteiger partial charge in [-0.25, -0.2) is 14.4 Å². The maximum absolute atomic E-state index is 12.5. The molecule has 0 aliphatic carbocycles. The van der Waals surface area contributed by atoms with Crippen LogP contribution < -0.4 is 14.8 Å². The predicted molar refractivity (Wildman–Crippen MR) is 246 cm³/mol. The van der Waals surface area contributed by atoms with Gasteiger partial charge in [-0.15, -0.1) is 0 Å². The molecule has 3 amide bonds. The lowest BCUT2D eigenvalue weighted by Crippen LogP contribution is -2.55. The summed E-state index contributed by atoms with van der Waals surface area (Å²) in [5, 5.41) is 13.2. The molecule has 4 aliphatic rings. The van der Waals surface area contributed by atoms with Gasteiger partial charge >= 0.3 is 18.2 Å². The number of fused-ring (bicyclic) bond motifs is 2. The number of ether oxygens (including phenoxy) is 8. The number of methoxy groups -OCH3 is 2. The third-order valence-corrected chi connectivity index (χ3v) is 13.0. The number of thioether (sulfide) groups is 2. The van der Waals surface area contributed by atoms with Crippen molar-refractivity contribution in [1.82, 2.24) is 15.1 Å². The van der Waals surface area contributed by atoms with Crippen LogP contribution in [0.2, 0.25) is 0 Å². The van der Waals surface area contributed by atoms with E-state index in [1.54, 1.807) is 63.1 Å². The summed E-state index contributed by atoms with van der Waals surface area (Å²) < 4.78 is 45.7. The van der Waals surface area contributed by atoms with Gasteiger partial charge in [0.25, 0.3) is 0 Å². The van der Waals surface area contributed by atoms with Crippen molar-refractivity contribution in [1.29, 1.82) is 0 Å². The molecule has 0 spiro atoms. The average Bonchev–Trinajstić information content (AvgIpc) is 3.88. The van der Waals surface area contributed by atoms with Gasteiger partial charge < -0.3 is 48.3 Å². The highest BCUT2D eigenvalue weighted by Gasteiger charge is 2.53. The number of nitrogens with one attached hydrogen (secondary N) is 1. The lowest BCUT2D eigenvalue weighted by molar-refractivity contribution is -0.176. The minimum absolute atomic E-state index is 0.214. The fraction of sp³-hybridized carbons (Fsp3) is 0.600. The van der Waals surface area contributed by atoms with Crippen LogP contribution in [-0.4, -0.2) is 143 Å². The molecule has 4 heterocycles. The maximum atomic E-state index is 12.5. The normalized spacial score (nSPS) is 27.0. The number of hydrogen-bond donors (Lipinski definition) is 2. The number of carboxylic acids is 1. The minimum atomic E-state index is -1.05. The summed E-state index contributed by atoms with van der Waals surface area (Å²) in [4.78, 5) is 61.4. The first-order valence-electron chi connectivity index (χ1n) is 21.2. The fourth-order valence-corrected chi connectivity index (χ4v) is 9.47. The monoisotopic (exact) mass is 945 g/mol. The van der Waals surface area contributed by atoms with E-state index in [2.05, 4.69) is 10.3 Å². The van der Waals surface area contributed by atoms with Gasteiger partial charge in [-0.1, -0.05) is 61.6 Å². The zero-order chi connectivity index (χ0) is 48.0. The molecule has 2 N–H and O–H groups in total. The van der Waals surface area contributed by atoms with Gasteiger partial charge in [0.05, 0.1) is 39.6 Å². The SMILES string of the molecule is CNC(=O)[C@H]1O[C@@H]2SC(N(C)C(=O)OC(C)(C)C)=N[C@@H]2[C@@H](OCc2ccc(OC)cc2)[C@@H]1C.COc1ccc(CO[C@H]2[C@H](C)[C@@H](C(=O)O)O[C@@H]3SC(N(C)C(=O)OC(C)(C)C)=N[C@H]23)cc1. The second-order valence-electron chi connectivity index (χ2n) is 17.9. The molecule has 0 aromatic heterocycles. The molecule has 358 valence electrons. The van der Waals surface area contributed by atoms with Gasteiger partial charge in [0.2, 0.25) is 5.91 Å². The summed E-state index contributed by atoms with van der Waals surface area (Å²) in [5.41, 5.74) is -0.402. The number of carboxylic acid groups (broad SMARTS) is 1. The summed E-state index contributed by atoms with van der Waals surface area (Å²) >= 11 is 2.50. The number of aliphatic imine (C=N–C) groups is 2. The average molecular weight is 946 g/mol. The number of hydrogen-bond acceptors (Lipinski definition) is 16. The van der Waals surface area contributed by atoms with Crippen LogP contribution in [0.1, 0.15) is 66.5 Å². The first kappa shape index (κ1) is 51.4. The summed E-state index contributed by atoms with van der Waals surface area (Å²) in [6.45, 7) is 15.1. The van der Waals surface area contributed by atoms with E-state index in [1.807, 2.05) is 76.2 Å². The Morgan fingerprint density at radius 3 is 1.38 bits per heavy atom. The topological polar surface area (TPSA) is 206 Å². The number of aliphatic carboxylic acids is 1. The molecule has 2 aromatic rings. The van der Waals surface area contributed by atoms with Gasteiger partial charge in [0.1, 0.15) is 51.8 Å². The Bertz CT molecular complexity index is 2040. The second-order valence-corrected chi connectivity index (χ2v) is 20.0. The molecule has 65 heavy (non-hydrogen) atoms. The number of carbonyl (C=O) groups is 4. The van der Waals surface area contributed by atoms with Gasteiger partial charge in [-0.3, -0.25) is 24.6 Å². The smallest absolute Gasteiger partial charge is 0.416 e. The summed E-state index contributed by atoms with van der Waals surface area (Å²) in [6, 6.07) is 14.3. The number of amidine groups is 2. The standard InChI is InChI=1S/C23H33N3O6S.C22H30N2O7S/c1-13-17(30-12-14-8-10-15(29-7)11-9-14)16-20(31-18(13)19(27)24-5)33-21(25-16)26(6)22(28)32-23(2,3)4;1-12-16(29-11-13-7-9-14(28-6)10-8-13)15-19(30-17(12)18(25)26)32-20(23-15)24(5)21(27)31-22(2,3)4/h8-11,13,16-18,20H,12H2,1-7H3,(H,24,27);7-10,12,15-17,19H,11H2,1-6H3,(H,25,26)/t13-,16+,17-,18-,20+;12-,15+,16-,17-,19+/m00/s1. The van der Waals surface area contributed by atoms with E-state index >= 15 is 0 Å². The largest absolute Gasteiger partial charge is 0.497 e. The van der Waals surface area contributed by atoms with Crippen molar-refractivity contribution in [3.8, 4) is 11.5 Å². The van der Waals surface area contributed by atoms with Crippen LogP contribution in [0.25, 0.3) is 0 Å². The first-order valence-corrected chi connectivity index (χ1v) is 23.0. The van der Waals surface area contributed by atoms with Crippen LogP contribution in [-0.2, 0) is 51.2 Å². The summed E-state index contributed by atoms with van der Waals surface area (Å²) in [5.74, 6) is -0.449. The number of nitrogens with zero attached hydrogens (tertiary/aromatic N) is 4. The fourth-order valence-electron chi connectivity index (χ4n) is 7.16. The minimum Gasteiger partial charge on any atom is -0.497 e. The van der Waals surface area contributed by atoms with Gasteiger partial charge in [-0.05, 0) is 76.9 Å². The Hall–Kier alpha value is -4.60. The lowest BCUT2D eigenvalue weighted by atomic mass is 9.89. The van der Waals surface area contributed by atoms with Crippen molar-refractivity contribution in [3.63, 3.8) is 0 Å². The van der Waals surface area contributed by atoms with Crippen LogP contribution in [0.5, 0.6) is 11.5 Å². The molecule has 0 saturated carbocycles.